The third kappa shape index (κ3) is 63.2. The van der Waals surface area contributed by atoms with Gasteiger partial charge in [0.1, 0.15) is 19.3 Å². The molecule has 0 aromatic heterocycles. The molecule has 0 amide bonds. The van der Waals surface area contributed by atoms with Crippen molar-refractivity contribution in [1.29, 1.82) is 0 Å². The molecule has 0 rings (SSSR count). The molecule has 0 aromatic rings. The summed E-state index contributed by atoms with van der Waals surface area (Å²) in [5, 5.41) is 10.6. The largest absolute Gasteiger partial charge is 0.472 e. The van der Waals surface area contributed by atoms with E-state index < -0.39 is 97.5 Å². The van der Waals surface area contributed by atoms with Crippen LogP contribution in [0, 0.1) is 17.8 Å². The Balaban J connectivity index is 5.23. The van der Waals surface area contributed by atoms with Gasteiger partial charge in [-0.2, -0.15) is 0 Å². The van der Waals surface area contributed by atoms with Crippen LogP contribution in [0.3, 0.4) is 0 Å². The number of hydrogen-bond donors (Lipinski definition) is 3. The minimum Gasteiger partial charge on any atom is -0.462 e. The number of esters is 4. The molecule has 0 aliphatic carbocycles. The molecule has 0 aliphatic rings. The highest BCUT2D eigenvalue weighted by Crippen LogP contribution is 2.45. The SMILES string of the molecule is CCCCCCCCCCCCCC(=O)O[C@H](COC(=O)CCCCCCCCC(C)C)COP(=O)(O)OC[C@H](O)COP(=O)(O)OC[C@@H](COC(=O)CCCCCCCCCCC(C)CC)OC(=O)CCCCCCCCCCCCCCCCC(C)C. The van der Waals surface area contributed by atoms with E-state index in [0.29, 0.717) is 31.6 Å². The number of phosphoric acid groups is 2. The third-order valence-corrected chi connectivity index (χ3v) is 18.4. The van der Waals surface area contributed by atoms with Crippen molar-refractivity contribution in [2.45, 2.75) is 369 Å². The number of phosphoric ester groups is 2. The molecule has 3 N–H and O–H groups in total. The van der Waals surface area contributed by atoms with E-state index in [-0.39, 0.29) is 25.7 Å². The molecule has 89 heavy (non-hydrogen) atoms. The molecule has 0 heterocycles. The second-order valence-corrected chi connectivity index (χ2v) is 29.4. The Labute approximate surface area is 543 Å². The standard InChI is InChI=1S/C70H136O17P2/c1-8-10-11-12-13-14-19-23-30-39-46-53-69(74)87-66(58-81-68(73)52-45-38-33-32-35-42-49-62(5)6)60-85-89(78,79)83-56-64(71)55-82-88(76,77)84-59-65(57-80-67(72)51-44-37-29-26-25-28-36-43-50-63(7)9-2)86-70(75)54-47-40-31-24-21-18-16-15-17-20-22-27-34-41-48-61(3)4/h61-66,71H,8-60H2,1-7H3,(H,76,77)(H,78,79)/t63?,64-,65-,66-/m1/s1. The first-order valence-corrected chi connectivity index (χ1v) is 39.4. The quantitative estimate of drug-likeness (QED) is 0.0222. The summed E-state index contributed by atoms with van der Waals surface area (Å²) in [5.74, 6) is 0.124. The van der Waals surface area contributed by atoms with Gasteiger partial charge in [0.25, 0.3) is 0 Å². The molecule has 19 heteroatoms. The number of rotatable bonds is 68. The fraction of sp³-hybridized carbons (Fsp3) is 0.943. The molecule has 0 aromatic carbocycles. The van der Waals surface area contributed by atoms with Crippen LogP contribution in [0.2, 0.25) is 0 Å². The van der Waals surface area contributed by atoms with Crippen molar-refractivity contribution in [3.05, 3.63) is 0 Å². The molecule has 0 aliphatic heterocycles. The highest BCUT2D eigenvalue weighted by molar-refractivity contribution is 7.47. The molecule has 17 nitrogen and oxygen atoms in total. The van der Waals surface area contributed by atoms with Gasteiger partial charge in [-0.05, 0) is 43.4 Å². The molecular formula is C70H136O17P2. The van der Waals surface area contributed by atoms with E-state index in [1.54, 1.807) is 0 Å². The van der Waals surface area contributed by atoms with Crippen molar-refractivity contribution in [1.82, 2.24) is 0 Å². The normalized spacial score (nSPS) is 14.5. The summed E-state index contributed by atoms with van der Waals surface area (Å²) in [6.07, 6.45) is 44.5. The fourth-order valence-electron chi connectivity index (χ4n) is 10.5. The van der Waals surface area contributed by atoms with Crippen molar-refractivity contribution in [2.75, 3.05) is 39.6 Å². The van der Waals surface area contributed by atoms with Gasteiger partial charge >= 0.3 is 39.5 Å². The number of unbranched alkanes of at least 4 members (excludes halogenated alkanes) is 35. The van der Waals surface area contributed by atoms with Gasteiger partial charge in [0, 0.05) is 25.7 Å². The van der Waals surface area contributed by atoms with E-state index in [0.717, 1.165) is 108 Å². The topological polar surface area (TPSA) is 237 Å². The molecule has 0 bridgehead atoms. The average Bonchev–Trinajstić information content (AvgIpc) is 3.63. The summed E-state index contributed by atoms with van der Waals surface area (Å²) >= 11 is 0. The van der Waals surface area contributed by atoms with Gasteiger partial charge in [-0.1, -0.05) is 299 Å². The molecule has 0 radical (unpaired) electrons. The summed E-state index contributed by atoms with van der Waals surface area (Å²) < 4.78 is 68.2. The maximum Gasteiger partial charge on any atom is 0.472 e. The van der Waals surface area contributed by atoms with Gasteiger partial charge < -0.3 is 33.8 Å². The highest BCUT2D eigenvalue weighted by atomic mass is 31.2. The first-order valence-electron chi connectivity index (χ1n) is 36.4. The molecule has 6 atom stereocenters. The van der Waals surface area contributed by atoms with Crippen LogP contribution < -0.4 is 0 Å². The molecule has 0 fully saturated rings. The summed E-state index contributed by atoms with van der Waals surface area (Å²) in [6.45, 7) is 11.8. The maximum absolute atomic E-state index is 13.0. The maximum atomic E-state index is 13.0. The van der Waals surface area contributed by atoms with Crippen molar-refractivity contribution < 1.29 is 80.2 Å². The van der Waals surface area contributed by atoms with Crippen molar-refractivity contribution in [2.24, 2.45) is 17.8 Å². The predicted molar refractivity (Wildman–Crippen MR) is 358 cm³/mol. The Morgan fingerprint density at radius 1 is 0.326 bits per heavy atom. The van der Waals surface area contributed by atoms with E-state index in [2.05, 4.69) is 48.5 Å². The average molecular weight is 1310 g/mol. The minimum atomic E-state index is -4.95. The van der Waals surface area contributed by atoms with E-state index >= 15 is 0 Å². The zero-order valence-corrected chi connectivity index (χ0v) is 59.7. The van der Waals surface area contributed by atoms with Crippen LogP contribution in [0.15, 0.2) is 0 Å². The second kappa shape index (κ2) is 61.0. The third-order valence-electron chi connectivity index (χ3n) is 16.5. The van der Waals surface area contributed by atoms with Crippen molar-refractivity contribution in [3.63, 3.8) is 0 Å². The van der Waals surface area contributed by atoms with Crippen molar-refractivity contribution >= 4 is 39.5 Å². The molecule has 0 spiro atoms. The Morgan fingerprint density at radius 2 is 0.573 bits per heavy atom. The van der Waals surface area contributed by atoms with Gasteiger partial charge in [-0.3, -0.25) is 37.3 Å². The van der Waals surface area contributed by atoms with Gasteiger partial charge in [-0.25, -0.2) is 9.13 Å². The molecule has 0 saturated heterocycles. The Kier molecular flexibility index (Phi) is 59.6. The predicted octanol–water partition coefficient (Wildman–Crippen LogP) is 19.8. The lowest BCUT2D eigenvalue weighted by molar-refractivity contribution is -0.161. The minimum absolute atomic E-state index is 0.105. The van der Waals surface area contributed by atoms with E-state index in [1.807, 2.05) is 0 Å². The number of carbonyl (C=O) groups is 4. The number of ether oxygens (including phenoxy) is 4. The summed E-state index contributed by atoms with van der Waals surface area (Å²) in [4.78, 5) is 72.5. The Bertz CT molecular complexity index is 1750. The molecule has 528 valence electrons. The van der Waals surface area contributed by atoms with Crippen molar-refractivity contribution in [3.8, 4) is 0 Å². The molecular weight excluding hydrogens is 1170 g/mol. The lowest BCUT2D eigenvalue weighted by Gasteiger charge is -2.21. The van der Waals surface area contributed by atoms with Gasteiger partial charge in [0.15, 0.2) is 12.2 Å². The van der Waals surface area contributed by atoms with E-state index in [9.17, 15) is 43.2 Å². The molecule has 0 saturated carbocycles. The van der Waals surface area contributed by atoms with Gasteiger partial charge in [-0.15, -0.1) is 0 Å². The summed E-state index contributed by atoms with van der Waals surface area (Å²) in [5.41, 5.74) is 0. The van der Waals surface area contributed by atoms with Crippen LogP contribution in [0.1, 0.15) is 350 Å². The monoisotopic (exact) mass is 1310 g/mol. The smallest absolute Gasteiger partial charge is 0.462 e. The first kappa shape index (κ1) is 87.1. The zero-order valence-electron chi connectivity index (χ0n) is 57.9. The van der Waals surface area contributed by atoms with Crippen LogP contribution in [0.5, 0.6) is 0 Å². The van der Waals surface area contributed by atoms with Gasteiger partial charge in [0.2, 0.25) is 0 Å². The van der Waals surface area contributed by atoms with E-state index in [1.165, 1.54) is 154 Å². The number of aliphatic hydroxyl groups is 1. The fourth-order valence-corrected chi connectivity index (χ4v) is 12.1. The van der Waals surface area contributed by atoms with Crippen LogP contribution in [0.4, 0.5) is 0 Å². The number of carbonyl (C=O) groups excluding carboxylic acids is 4. The lowest BCUT2D eigenvalue weighted by atomic mass is 9.99. The summed E-state index contributed by atoms with van der Waals surface area (Å²) in [6, 6.07) is 0. The van der Waals surface area contributed by atoms with E-state index in [4.69, 9.17) is 37.0 Å². The van der Waals surface area contributed by atoms with Crippen LogP contribution in [0.25, 0.3) is 0 Å². The summed E-state index contributed by atoms with van der Waals surface area (Å²) in [7, 11) is -9.90. The zero-order chi connectivity index (χ0) is 65.9. The Morgan fingerprint density at radius 3 is 0.854 bits per heavy atom. The highest BCUT2D eigenvalue weighted by Gasteiger charge is 2.30. The van der Waals surface area contributed by atoms with Crippen LogP contribution in [-0.2, 0) is 65.4 Å². The Hall–Kier alpha value is -1.94. The van der Waals surface area contributed by atoms with Gasteiger partial charge in [0.05, 0.1) is 26.4 Å². The number of aliphatic hydroxyl groups excluding tert-OH is 1. The second-order valence-electron chi connectivity index (χ2n) is 26.5. The number of hydrogen-bond acceptors (Lipinski definition) is 15. The van der Waals surface area contributed by atoms with Crippen LogP contribution >= 0.6 is 15.6 Å². The lowest BCUT2D eigenvalue weighted by Crippen LogP contribution is -2.30. The first-order chi connectivity index (χ1) is 42.8. The van der Waals surface area contributed by atoms with Crippen LogP contribution in [-0.4, -0.2) is 96.7 Å². The molecule has 3 unspecified atom stereocenters.